The third-order valence-electron chi connectivity index (χ3n) is 2.86. The number of aromatic amines is 1. The lowest BCUT2D eigenvalue weighted by Gasteiger charge is -2.10. The molecule has 19 heavy (non-hydrogen) atoms. The zero-order valence-corrected chi connectivity index (χ0v) is 11.3. The van der Waals surface area contributed by atoms with Gasteiger partial charge in [0, 0.05) is 13.1 Å². The van der Waals surface area contributed by atoms with Crippen LogP contribution in [0.1, 0.15) is 26.7 Å². The lowest BCUT2D eigenvalue weighted by atomic mass is 10.2. The molecule has 1 unspecified atom stereocenters. The third kappa shape index (κ3) is 3.31. The van der Waals surface area contributed by atoms with Crippen LogP contribution in [0.2, 0.25) is 0 Å². The van der Waals surface area contributed by atoms with Gasteiger partial charge in [0.25, 0.3) is 0 Å². The number of aliphatic hydroxyl groups is 1. The highest BCUT2D eigenvalue weighted by Crippen LogP contribution is 2.18. The van der Waals surface area contributed by atoms with E-state index in [-0.39, 0.29) is 6.10 Å². The van der Waals surface area contributed by atoms with Crippen molar-refractivity contribution < 1.29 is 5.11 Å². The maximum atomic E-state index is 9.54. The smallest absolute Gasteiger partial charge is 0.226 e. The van der Waals surface area contributed by atoms with E-state index in [1.54, 1.807) is 6.33 Å². The van der Waals surface area contributed by atoms with Crippen LogP contribution in [0.15, 0.2) is 6.33 Å². The van der Waals surface area contributed by atoms with Gasteiger partial charge < -0.3 is 20.7 Å². The van der Waals surface area contributed by atoms with Crippen molar-refractivity contribution in [2.24, 2.45) is 0 Å². The number of nitrogens with one attached hydrogen (secondary N) is 3. The monoisotopic (exact) mass is 264 g/mol. The summed E-state index contributed by atoms with van der Waals surface area (Å²) >= 11 is 0. The van der Waals surface area contributed by atoms with E-state index in [9.17, 15) is 5.11 Å². The number of H-pyrrole nitrogens is 1. The van der Waals surface area contributed by atoms with Gasteiger partial charge in [-0.05, 0) is 19.8 Å². The van der Waals surface area contributed by atoms with Crippen LogP contribution in [0, 0.1) is 0 Å². The molecule has 0 spiro atoms. The Bertz CT molecular complexity index is 526. The Morgan fingerprint density at radius 1 is 1.32 bits per heavy atom. The molecule has 0 fully saturated rings. The number of hydrogen-bond donors (Lipinski definition) is 4. The van der Waals surface area contributed by atoms with Gasteiger partial charge >= 0.3 is 0 Å². The summed E-state index contributed by atoms with van der Waals surface area (Å²) in [5, 5.41) is 15.8. The molecule has 0 bridgehead atoms. The standard InChI is InChI=1S/C12H20N6O/c1-3-8(19)5-6-14-10-9-11(16-7-15-9)18-12(17-10)13-4-2/h7-8,19H,3-6H2,1-2H3,(H3,13,14,15,16,17,18). The molecule has 4 N–H and O–H groups in total. The topological polar surface area (TPSA) is 98.8 Å². The van der Waals surface area contributed by atoms with Crippen molar-refractivity contribution in [3.05, 3.63) is 6.33 Å². The zero-order valence-electron chi connectivity index (χ0n) is 11.3. The first-order chi connectivity index (χ1) is 9.24. The summed E-state index contributed by atoms with van der Waals surface area (Å²) in [6.45, 7) is 5.37. The molecule has 0 aliphatic carbocycles. The van der Waals surface area contributed by atoms with Crippen LogP contribution in [0.5, 0.6) is 0 Å². The van der Waals surface area contributed by atoms with Gasteiger partial charge in [-0.2, -0.15) is 9.97 Å². The average molecular weight is 264 g/mol. The lowest BCUT2D eigenvalue weighted by Crippen LogP contribution is -2.14. The molecular weight excluding hydrogens is 244 g/mol. The first-order valence-corrected chi connectivity index (χ1v) is 6.61. The number of fused-ring (bicyclic) bond motifs is 1. The molecule has 2 heterocycles. The summed E-state index contributed by atoms with van der Waals surface area (Å²) in [6.07, 6.45) is 2.77. The van der Waals surface area contributed by atoms with Gasteiger partial charge in [-0.25, -0.2) is 4.98 Å². The summed E-state index contributed by atoms with van der Waals surface area (Å²) in [6, 6.07) is 0. The van der Waals surface area contributed by atoms with Crippen molar-refractivity contribution in [3.8, 4) is 0 Å². The highest BCUT2D eigenvalue weighted by atomic mass is 16.3. The van der Waals surface area contributed by atoms with E-state index in [4.69, 9.17) is 0 Å². The molecule has 0 saturated carbocycles. The molecule has 0 saturated heterocycles. The highest BCUT2D eigenvalue weighted by molar-refractivity contribution is 5.83. The number of aliphatic hydroxyl groups excluding tert-OH is 1. The second kappa shape index (κ2) is 6.33. The fourth-order valence-electron chi connectivity index (χ4n) is 1.76. The highest BCUT2D eigenvalue weighted by Gasteiger charge is 2.09. The first-order valence-electron chi connectivity index (χ1n) is 6.61. The first kappa shape index (κ1) is 13.5. The Kier molecular flexibility index (Phi) is 4.51. The van der Waals surface area contributed by atoms with E-state index < -0.39 is 0 Å². The molecule has 2 rings (SSSR count). The second-order valence-corrected chi connectivity index (χ2v) is 4.30. The fraction of sp³-hybridized carbons (Fsp3) is 0.583. The number of hydrogen-bond acceptors (Lipinski definition) is 6. The Balaban J connectivity index is 2.13. The van der Waals surface area contributed by atoms with E-state index in [1.807, 2.05) is 13.8 Å². The number of nitrogens with zero attached hydrogens (tertiary/aromatic N) is 3. The molecule has 0 aliphatic heterocycles. The minimum Gasteiger partial charge on any atom is -0.393 e. The van der Waals surface area contributed by atoms with Gasteiger partial charge in [-0.3, -0.25) is 0 Å². The second-order valence-electron chi connectivity index (χ2n) is 4.30. The predicted octanol–water partition coefficient (Wildman–Crippen LogP) is 1.36. The molecule has 0 amide bonds. The number of rotatable bonds is 7. The molecule has 1 atom stereocenters. The van der Waals surface area contributed by atoms with Crippen molar-refractivity contribution in [3.63, 3.8) is 0 Å². The van der Waals surface area contributed by atoms with Gasteiger partial charge in [0.05, 0.1) is 12.4 Å². The van der Waals surface area contributed by atoms with Crippen LogP contribution in [0.4, 0.5) is 11.8 Å². The van der Waals surface area contributed by atoms with E-state index in [0.717, 1.165) is 18.5 Å². The molecule has 7 heteroatoms. The Labute approximate surface area is 111 Å². The van der Waals surface area contributed by atoms with Gasteiger partial charge in [-0.1, -0.05) is 6.92 Å². The molecular formula is C12H20N6O. The normalized spacial score (nSPS) is 12.6. The number of anilines is 2. The van der Waals surface area contributed by atoms with Crippen molar-refractivity contribution in [2.75, 3.05) is 23.7 Å². The summed E-state index contributed by atoms with van der Waals surface area (Å²) in [7, 11) is 0. The van der Waals surface area contributed by atoms with Crippen molar-refractivity contribution in [2.45, 2.75) is 32.8 Å². The zero-order chi connectivity index (χ0) is 13.7. The molecule has 0 aliphatic rings. The van der Waals surface area contributed by atoms with Crippen LogP contribution < -0.4 is 10.6 Å². The summed E-state index contributed by atoms with van der Waals surface area (Å²) in [5.41, 5.74) is 1.41. The SMILES string of the molecule is CCNc1nc(NCCC(O)CC)c2[nH]cnc2n1. The van der Waals surface area contributed by atoms with E-state index >= 15 is 0 Å². The Hall–Kier alpha value is -1.89. The largest absolute Gasteiger partial charge is 0.393 e. The van der Waals surface area contributed by atoms with Crippen molar-refractivity contribution in [1.82, 2.24) is 19.9 Å². The van der Waals surface area contributed by atoms with Crippen molar-refractivity contribution >= 4 is 22.9 Å². The average Bonchev–Trinajstić information content (AvgIpc) is 2.87. The third-order valence-corrected chi connectivity index (χ3v) is 2.86. The Morgan fingerprint density at radius 2 is 2.16 bits per heavy atom. The molecule has 0 radical (unpaired) electrons. The van der Waals surface area contributed by atoms with Crippen LogP contribution in [-0.2, 0) is 0 Å². The van der Waals surface area contributed by atoms with E-state index in [2.05, 4.69) is 30.6 Å². The number of aromatic nitrogens is 4. The van der Waals surface area contributed by atoms with Crippen LogP contribution in [0.3, 0.4) is 0 Å². The minimum atomic E-state index is -0.278. The number of imidazole rings is 1. The van der Waals surface area contributed by atoms with E-state index in [0.29, 0.717) is 30.4 Å². The molecule has 2 aromatic heterocycles. The molecule has 7 nitrogen and oxygen atoms in total. The summed E-state index contributed by atoms with van der Waals surface area (Å²) < 4.78 is 0. The fourth-order valence-corrected chi connectivity index (χ4v) is 1.76. The van der Waals surface area contributed by atoms with Crippen LogP contribution in [-0.4, -0.2) is 44.2 Å². The van der Waals surface area contributed by atoms with Gasteiger partial charge in [0.1, 0.15) is 5.52 Å². The molecule has 2 aromatic rings. The van der Waals surface area contributed by atoms with Crippen molar-refractivity contribution in [1.29, 1.82) is 0 Å². The Morgan fingerprint density at radius 3 is 2.89 bits per heavy atom. The lowest BCUT2D eigenvalue weighted by molar-refractivity contribution is 0.164. The van der Waals surface area contributed by atoms with Gasteiger partial charge in [0.15, 0.2) is 11.5 Å². The minimum absolute atomic E-state index is 0.278. The maximum Gasteiger partial charge on any atom is 0.226 e. The van der Waals surface area contributed by atoms with E-state index in [1.165, 1.54) is 0 Å². The van der Waals surface area contributed by atoms with Gasteiger partial charge in [0.2, 0.25) is 5.95 Å². The van der Waals surface area contributed by atoms with Gasteiger partial charge in [-0.15, -0.1) is 0 Å². The summed E-state index contributed by atoms with van der Waals surface area (Å²) in [4.78, 5) is 15.9. The molecule has 104 valence electrons. The summed E-state index contributed by atoms with van der Waals surface area (Å²) in [5.74, 6) is 1.27. The van der Waals surface area contributed by atoms with Crippen LogP contribution >= 0.6 is 0 Å². The maximum absolute atomic E-state index is 9.54. The van der Waals surface area contributed by atoms with Crippen LogP contribution in [0.25, 0.3) is 11.2 Å². The molecule has 0 aromatic carbocycles. The quantitative estimate of drug-likeness (QED) is 0.602. The predicted molar refractivity (Wildman–Crippen MR) is 75.3 cm³/mol.